The highest BCUT2D eigenvalue weighted by atomic mass is 16.5. The van der Waals surface area contributed by atoms with E-state index in [1.54, 1.807) is 12.3 Å². The molecule has 4 rings (SSSR count). The lowest BCUT2D eigenvalue weighted by molar-refractivity contribution is 0.0135. The lowest BCUT2D eigenvalue weighted by Crippen LogP contribution is -2.41. The Kier molecular flexibility index (Phi) is 4.26. The monoisotopic (exact) mass is 354 g/mol. The van der Waals surface area contributed by atoms with Crippen LogP contribution in [0.5, 0.6) is 0 Å². The van der Waals surface area contributed by atoms with Gasteiger partial charge >= 0.3 is 5.97 Å². The van der Waals surface area contributed by atoms with Crippen LogP contribution in [0.3, 0.4) is 0 Å². The van der Waals surface area contributed by atoms with Gasteiger partial charge in [-0.1, -0.05) is 6.92 Å². The molecule has 0 amide bonds. The van der Waals surface area contributed by atoms with Gasteiger partial charge in [-0.15, -0.1) is 0 Å². The van der Waals surface area contributed by atoms with Crippen LogP contribution in [0.2, 0.25) is 0 Å². The van der Waals surface area contributed by atoms with Crippen LogP contribution in [0.25, 0.3) is 16.8 Å². The number of nitrogens with one attached hydrogen (secondary N) is 2. The minimum Gasteiger partial charge on any atom is -0.478 e. The second-order valence-electron chi connectivity index (χ2n) is 6.73. The van der Waals surface area contributed by atoms with Gasteiger partial charge in [-0.25, -0.2) is 4.79 Å². The van der Waals surface area contributed by atoms with Crippen molar-refractivity contribution in [1.82, 2.24) is 19.9 Å². The minimum atomic E-state index is -0.919. The molecule has 0 spiro atoms. The number of ether oxygens (including phenoxy) is 1. The normalized spacial score (nSPS) is 18.9. The molecule has 7 nitrogen and oxygen atoms in total. The van der Waals surface area contributed by atoms with Crippen molar-refractivity contribution in [3.8, 4) is 11.3 Å². The van der Waals surface area contributed by atoms with Gasteiger partial charge in [0.15, 0.2) is 0 Å². The summed E-state index contributed by atoms with van der Waals surface area (Å²) in [5.74, 6) is -0.871. The van der Waals surface area contributed by atoms with Gasteiger partial charge in [-0.2, -0.15) is 5.10 Å². The summed E-state index contributed by atoms with van der Waals surface area (Å²) in [5, 5.41) is 20.1. The predicted octanol–water partition coefficient (Wildman–Crippen LogP) is 2.43. The maximum Gasteiger partial charge on any atom is 0.336 e. The molecule has 0 radical (unpaired) electrons. The third kappa shape index (κ3) is 2.69. The molecule has 1 saturated heterocycles. The van der Waals surface area contributed by atoms with E-state index in [4.69, 9.17) is 4.74 Å². The molecule has 0 bridgehead atoms. The Labute approximate surface area is 151 Å². The smallest absolute Gasteiger partial charge is 0.336 e. The first kappa shape index (κ1) is 16.8. The maximum absolute atomic E-state index is 11.9. The van der Waals surface area contributed by atoms with Crippen molar-refractivity contribution in [2.24, 2.45) is 0 Å². The maximum atomic E-state index is 11.9. The number of carboxylic acids is 1. The molecule has 136 valence electrons. The summed E-state index contributed by atoms with van der Waals surface area (Å²) in [4.78, 5) is 11.9. The van der Waals surface area contributed by atoms with Crippen LogP contribution in [0.1, 0.15) is 34.5 Å². The van der Waals surface area contributed by atoms with Gasteiger partial charge in [0.25, 0.3) is 0 Å². The van der Waals surface area contributed by atoms with Crippen molar-refractivity contribution in [1.29, 1.82) is 0 Å². The topological polar surface area (TPSA) is 91.6 Å². The van der Waals surface area contributed by atoms with Gasteiger partial charge in [-0.3, -0.25) is 5.10 Å². The average Bonchev–Trinajstić information content (AvgIpc) is 3.30. The van der Waals surface area contributed by atoms with E-state index >= 15 is 0 Å². The lowest BCUT2D eigenvalue weighted by Gasteiger charge is -2.30. The molecule has 3 aromatic rings. The third-order valence-corrected chi connectivity index (χ3v) is 5.22. The first-order valence-electron chi connectivity index (χ1n) is 8.78. The Balaban J connectivity index is 1.92. The number of carbonyl (C=O) groups is 1. The molecule has 2 atom stereocenters. The summed E-state index contributed by atoms with van der Waals surface area (Å²) in [7, 11) is 0. The zero-order valence-corrected chi connectivity index (χ0v) is 14.8. The Morgan fingerprint density at radius 2 is 2.31 bits per heavy atom. The summed E-state index contributed by atoms with van der Waals surface area (Å²) in [6.45, 7) is 6.25. The summed E-state index contributed by atoms with van der Waals surface area (Å²) in [5.41, 5.74) is 4.71. The minimum absolute atomic E-state index is 0.00713. The van der Waals surface area contributed by atoms with Gasteiger partial charge in [0.05, 0.1) is 29.5 Å². The van der Waals surface area contributed by atoms with E-state index in [9.17, 15) is 9.90 Å². The lowest BCUT2D eigenvalue weighted by atomic mass is 9.92. The van der Waals surface area contributed by atoms with E-state index in [-0.39, 0.29) is 12.0 Å². The molecular formula is C19H22N4O3. The number of fused-ring (bicyclic) bond motifs is 1. The molecule has 0 aliphatic carbocycles. The van der Waals surface area contributed by atoms with Crippen molar-refractivity contribution in [3.63, 3.8) is 0 Å². The quantitative estimate of drug-likeness (QED) is 0.669. The van der Waals surface area contributed by atoms with Crippen LogP contribution in [0.4, 0.5) is 0 Å². The summed E-state index contributed by atoms with van der Waals surface area (Å²) in [6.07, 6.45) is 3.69. The molecule has 3 aromatic heterocycles. The van der Waals surface area contributed by atoms with Gasteiger partial charge < -0.3 is 19.6 Å². The molecule has 3 N–H and O–H groups in total. The van der Waals surface area contributed by atoms with E-state index in [2.05, 4.69) is 26.8 Å². The van der Waals surface area contributed by atoms with Crippen LogP contribution >= 0.6 is 0 Å². The van der Waals surface area contributed by atoms with Gasteiger partial charge in [-0.05, 0) is 30.7 Å². The standard InChI is InChI=1S/C19H22N4O3/c1-11-14(19(24)25)9-16-13(15-3-5-21-22-15)4-7-23(16)18(11)12(2)17-10-20-6-8-26-17/h3-5,7,9,12,17,20H,6,8,10H2,1-2H3,(H,21,22)(H,24,25). The molecule has 1 fully saturated rings. The molecular weight excluding hydrogens is 332 g/mol. The van der Waals surface area contributed by atoms with Gasteiger partial charge in [0.1, 0.15) is 0 Å². The number of hydrogen-bond acceptors (Lipinski definition) is 4. The van der Waals surface area contributed by atoms with Crippen molar-refractivity contribution in [2.75, 3.05) is 19.7 Å². The van der Waals surface area contributed by atoms with Gasteiger partial charge in [0.2, 0.25) is 0 Å². The molecule has 26 heavy (non-hydrogen) atoms. The average molecular weight is 354 g/mol. The Morgan fingerprint density at radius 1 is 1.46 bits per heavy atom. The fourth-order valence-corrected chi connectivity index (χ4v) is 3.87. The summed E-state index contributed by atoms with van der Waals surface area (Å²) in [6, 6.07) is 5.61. The van der Waals surface area contributed by atoms with Crippen molar-refractivity contribution in [3.05, 3.63) is 47.4 Å². The summed E-state index contributed by atoms with van der Waals surface area (Å²) < 4.78 is 8.02. The fourth-order valence-electron chi connectivity index (χ4n) is 3.87. The molecule has 0 saturated carbocycles. The van der Waals surface area contributed by atoms with Crippen molar-refractivity contribution in [2.45, 2.75) is 25.9 Å². The fraction of sp³-hybridized carbons (Fsp3) is 0.368. The predicted molar refractivity (Wildman–Crippen MR) is 97.7 cm³/mol. The number of H-pyrrole nitrogens is 1. The van der Waals surface area contributed by atoms with Crippen molar-refractivity contribution < 1.29 is 14.6 Å². The molecule has 7 heteroatoms. The van der Waals surface area contributed by atoms with Crippen LogP contribution in [0.15, 0.2) is 30.6 Å². The van der Waals surface area contributed by atoms with E-state index < -0.39 is 5.97 Å². The Hall–Kier alpha value is -2.64. The number of aromatic amines is 1. The van der Waals surface area contributed by atoms with Crippen LogP contribution in [-0.2, 0) is 4.74 Å². The van der Waals surface area contributed by atoms with Crippen molar-refractivity contribution >= 4 is 11.5 Å². The first-order valence-corrected chi connectivity index (χ1v) is 8.78. The molecule has 4 heterocycles. The van der Waals surface area contributed by atoms with E-state index in [1.165, 1.54) is 0 Å². The molecule has 1 aliphatic rings. The van der Waals surface area contributed by atoms with Crippen LogP contribution in [0, 0.1) is 6.92 Å². The third-order valence-electron chi connectivity index (χ3n) is 5.22. The number of pyridine rings is 1. The second-order valence-corrected chi connectivity index (χ2v) is 6.73. The zero-order valence-electron chi connectivity index (χ0n) is 14.8. The number of morpholine rings is 1. The highest BCUT2D eigenvalue weighted by Crippen LogP contribution is 2.33. The zero-order chi connectivity index (χ0) is 18.3. The number of aromatic nitrogens is 3. The Bertz CT molecular complexity index is 940. The Morgan fingerprint density at radius 3 is 2.96 bits per heavy atom. The highest BCUT2D eigenvalue weighted by Gasteiger charge is 2.28. The molecule has 1 aliphatic heterocycles. The van der Waals surface area contributed by atoms with E-state index in [1.807, 2.05) is 25.3 Å². The number of carboxylic acid groups (broad SMARTS) is 1. The summed E-state index contributed by atoms with van der Waals surface area (Å²) >= 11 is 0. The van der Waals surface area contributed by atoms with Crippen LogP contribution < -0.4 is 5.32 Å². The molecule has 2 unspecified atom stereocenters. The number of aromatic carboxylic acids is 1. The first-order chi connectivity index (χ1) is 12.6. The SMILES string of the molecule is Cc1c(C(=O)O)cc2c(-c3ccn[nH]3)ccn2c1C(C)C1CNCCO1. The van der Waals surface area contributed by atoms with Gasteiger partial charge in [0, 0.05) is 42.7 Å². The number of nitrogens with zero attached hydrogens (tertiary/aromatic N) is 2. The van der Waals surface area contributed by atoms with E-state index in [0.29, 0.717) is 12.2 Å². The highest BCUT2D eigenvalue weighted by molar-refractivity contribution is 5.93. The molecule has 0 aromatic carbocycles. The largest absolute Gasteiger partial charge is 0.478 e. The van der Waals surface area contributed by atoms with E-state index in [0.717, 1.165) is 41.1 Å². The van der Waals surface area contributed by atoms with Crippen LogP contribution in [-0.4, -0.2) is 51.5 Å². The number of rotatable bonds is 4. The number of hydrogen-bond donors (Lipinski definition) is 3. The second kappa shape index (κ2) is 6.59.